The van der Waals surface area contributed by atoms with E-state index < -0.39 is 5.97 Å². The summed E-state index contributed by atoms with van der Waals surface area (Å²) < 4.78 is 12.0. The lowest BCUT2D eigenvalue weighted by atomic mass is 10.1. The van der Waals surface area contributed by atoms with Gasteiger partial charge in [-0.3, -0.25) is 14.2 Å². The van der Waals surface area contributed by atoms with E-state index in [-0.39, 0.29) is 29.4 Å². The van der Waals surface area contributed by atoms with Gasteiger partial charge >= 0.3 is 5.97 Å². The van der Waals surface area contributed by atoms with Crippen molar-refractivity contribution in [2.45, 2.75) is 12.1 Å². The lowest BCUT2D eigenvalue weighted by Crippen LogP contribution is -2.21. The average molecular weight is 476 g/mol. The Kier molecular flexibility index (Phi) is 6.25. The number of hydrogen-bond donors (Lipinski definition) is 1. The molecule has 0 spiro atoms. The number of aromatic nitrogens is 2. The van der Waals surface area contributed by atoms with Crippen molar-refractivity contribution < 1.29 is 18.7 Å². The summed E-state index contributed by atoms with van der Waals surface area (Å²) in [5.74, 6) is -0.334. The summed E-state index contributed by atoms with van der Waals surface area (Å²) in [6.07, 6.45) is 1.51. The molecule has 160 valence electrons. The summed E-state index contributed by atoms with van der Waals surface area (Å²) in [6, 6.07) is 5.19. The van der Waals surface area contributed by atoms with E-state index in [0.717, 1.165) is 11.8 Å². The molecule has 0 atom stereocenters. The van der Waals surface area contributed by atoms with Crippen molar-refractivity contribution in [2.75, 3.05) is 17.7 Å². The van der Waals surface area contributed by atoms with Gasteiger partial charge in [0.05, 0.1) is 24.0 Å². The van der Waals surface area contributed by atoms with Crippen LogP contribution in [-0.4, -0.2) is 33.8 Å². The van der Waals surface area contributed by atoms with Gasteiger partial charge in [-0.05, 0) is 30.5 Å². The van der Waals surface area contributed by atoms with Crippen LogP contribution < -0.4 is 10.9 Å². The summed E-state index contributed by atoms with van der Waals surface area (Å²) >= 11 is 3.74. The second kappa shape index (κ2) is 9.08. The quantitative estimate of drug-likeness (QED) is 0.242. The highest BCUT2D eigenvalue weighted by atomic mass is 32.2. The monoisotopic (exact) mass is 475 g/mol. The topological polar surface area (TPSA) is 103 Å². The van der Waals surface area contributed by atoms with Crippen molar-refractivity contribution in [1.82, 2.24) is 9.55 Å². The highest BCUT2D eigenvalue weighted by Gasteiger charge is 2.24. The number of nitrogens with one attached hydrogen (secondary N) is 1. The zero-order valence-corrected chi connectivity index (χ0v) is 19.0. The van der Waals surface area contributed by atoms with Gasteiger partial charge in [-0.1, -0.05) is 11.8 Å². The Balaban J connectivity index is 1.53. The van der Waals surface area contributed by atoms with Gasteiger partial charge in [0.2, 0.25) is 5.91 Å². The molecule has 8 nitrogen and oxygen atoms in total. The molecule has 0 unspecified atom stereocenters. The van der Waals surface area contributed by atoms with Gasteiger partial charge in [-0.2, -0.15) is 0 Å². The normalized spacial score (nSPS) is 11.0. The van der Waals surface area contributed by atoms with Gasteiger partial charge in [0.15, 0.2) is 5.16 Å². The fourth-order valence-electron chi connectivity index (χ4n) is 2.87. The number of carbonyl (C=O) groups excluding carboxylic acids is 2. The number of ether oxygens (including phenoxy) is 1. The zero-order valence-electron chi connectivity index (χ0n) is 16.5. The van der Waals surface area contributed by atoms with Crippen LogP contribution in [0.4, 0.5) is 5.00 Å². The number of anilines is 1. The van der Waals surface area contributed by atoms with E-state index in [1.807, 2.05) is 5.38 Å². The number of esters is 1. The van der Waals surface area contributed by atoms with Gasteiger partial charge < -0.3 is 14.5 Å². The third kappa shape index (κ3) is 4.29. The van der Waals surface area contributed by atoms with E-state index in [1.54, 1.807) is 37.6 Å². The second-order valence-corrected chi connectivity index (χ2v) is 9.00. The summed E-state index contributed by atoms with van der Waals surface area (Å²) in [6.45, 7) is 1.92. The summed E-state index contributed by atoms with van der Waals surface area (Å²) in [4.78, 5) is 42.6. The highest BCUT2D eigenvalue weighted by Crippen LogP contribution is 2.36. The Bertz CT molecular complexity index is 1300. The first-order valence-corrected chi connectivity index (χ1v) is 11.9. The number of nitrogens with zero attached hydrogens (tertiary/aromatic N) is 2. The molecule has 0 bridgehead atoms. The van der Waals surface area contributed by atoms with Crippen LogP contribution in [0.25, 0.3) is 21.5 Å². The van der Waals surface area contributed by atoms with Crippen molar-refractivity contribution in [2.24, 2.45) is 7.05 Å². The fraction of sp³-hybridized carbons (Fsp3) is 0.200. The van der Waals surface area contributed by atoms with Crippen LogP contribution in [0, 0.1) is 0 Å². The number of furan rings is 1. The van der Waals surface area contributed by atoms with E-state index in [2.05, 4.69) is 10.3 Å². The number of carbonyl (C=O) groups is 2. The molecule has 0 saturated carbocycles. The second-order valence-electron chi connectivity index (χ2n) is 6.29. The average Bonchev–Trinajstić information content (AvgIpc) is 3.50. The molecule has 4 heterocycles. The molecule has 0 saturated heterocycles. The maximum absolute atomic E-state index is 12.6. The van der Waals surface area contributed by atoms with Crippen LogP contribution in [0.2, 0.25) is 0 Å². The van der Waals surface area contributed by atoms with Crippen molar-refractivity contribution in [3.05, 3.63) is 51.1 Å². The Morgan fingerprint density at radius 3 is 2.90 bits per heavy atom. The van der Waals surface area contributed by atoms with E-state index >= 15 is 0 Å². The summed E-state index contributed by atoms with van der Waals surface area (Å²) in [5.41, 5.74) is 0.661. The van der Waals surface area contributed by atoms with Crippen molar-refractivity contribution >= 4 is 61.5 Å². The third-order valence-electron chi connectivity index (χ3n) is 4.31. The molecule has 1 amide bonds. The van der Waals surface area contributed by atoms with Crippen LogP contribution in [0.5, 0.6) is 0 Å². The smallest absolute Gasteiger partial charge is 0.341 e. The van der Waals surface area contributed by atoms with Crippen LogP contribution in [0.1, 0.15) is 17.3 Å². The molecular weight excluding hydrogens is 458 g/mol. The largest absolute Gasteiger partial charge is 0.464 e. The first-order valence-electron chi connectivity index (χ1n) is 9.19. The zero-order chi connectivity index (χ0) is 22.0. The van der Waals surface area contributed by atoms with Gasteiger partial charge in [-0.15, -0.1) is 22.7 Å². The van der Waals surface area contributed by atoms with Crippen molar-refractivity contribution in [3.63, 3.8) is 0 Å². The Labute approximate surface area is 188 Å². The van der Waals surface area contributed by atoms with E-state index in [0.29, 0.717) is 31.7 Å². The lowest BCUT2D eigenvalue weighted by Gasteiger charge is -2.09. The number of hydrogen-bond acceptors (Lipinski definition) is 9. The van der Waals surface area contributed by atoms with Crippen LogP contribution in [0.15, 0.2) is 49.6 Å². The molecule has 4 rings (SSSR count). The number of thioether (sulfide) groups is 1. The minimum absolute atomic E-state index is 0.0212. The molecule has 1 N–H and O–H groups in total. The molecule has 0 aliphatic rings. The maximum atomic E-state index is 12.6. The number of fused-ring (bicyclic) bond motifs is 1. The van der Waals surface area contributed by atoms with E-state index in [9.17, 15) is 14.4 Å². The molecule has 31 heavy (non-hydrogen) atoms. The predicted octanol–water partition coefficient (Wildman–Crippen LogP) is 4.22. The Morgan fingerprint density at radius 2 is 2.16 bits per heavy atom. The molecule has 0 aliphatic carbocycles. The summed E-state index contributed by atoms with van der Waals surface area (Å²) in [5, 5.41) is 7.71. The Hall–Kier alpha value is -2.89. The molecule has 0 fully saturated rings. The first-order chi connectivity index (χ1) is 15.0. The van der Waals surface area contributed by atoms with Crippen LogP contribution in [0.3, 0.4) is 0 Å². The Morgan fingerprint density at radius 1 is 1.32 bits per heavy atom. The first kappa shape index (κ1) is 21.3. The standard InChI is InChI=1S/C20H17N3O5S3/c1-3-27-19(26)15-12(13-5-4-7-28-13)9-30-17(15)21-14(24)10-31-20-22-16-11(6-8-29-16)18(25)23(20)2/h4-9H,3,10H2,1-2H3,(H,21,24). The molecule has 4 aromatic heterocycles. The van der Waals surface area contributed by atoms with Gasteiger partial charge in [-0.25, -0.2) is 9.78 Å². The predicted molar refractivity (Wildman–Crippen MR) is 122 cm³/mol. The third-order valence-corrected chi connectivity index (χ3v) is 7.04. The fourth-order valence-corrected chi connectivity index (χ4v) is 5.40. The van der Waals surface area contributed by atoms with E-state index in [4.69, 9.17) is 9.15 Å². The van der Waals surface area contributed by atoms with E-state index in [1.165, 1.54) is 33.5 Å². The maximum Gasteiger partial charge on any atom is 0.341 e. The molecular formula is C20H17N3O5S3. The molecule has 0 radical (unpaired) electrons. The number of thiophene rings is 2. The van der Waals surface area contributed by atoms with Crippen molar-refractivity contribution in [1.29, 1.82) is 0 Å². The molecule has 0 aromatic carbocycles. The van der Waals surface area contributed by atoms with Gasteiger partial charge in [0.1, 0.15) is 21.2 Å². The number of rotatable bonds is 7. The number of amides is 1. The van der Waals surface area contributed by atoms with Gasteiger partial charge in [0.25, 0.3) is 5.56 Å². The van der Waals surface area contributed by atoms with Gasteiger partial charge in [0, 0.05) is 18.0 Å². The minimum atomic E-state index is -0.537. The SMILES string of the molecule is CCOC(=O)c1c(-c2ccco2)csc1NC(=O)CSc1nc2sccc2c(=O)n1C. The summed E-state index contributed by atoms with van der Waals surface area (Å²) in [7, 11) is 1.63. The van der Waals surface area contributed by atoms with Crippen LogP contribution in [-0.2, 0) is 16.6 Å². The van der Waals surface area contributed by atoms with Crippen molar-refractivity contribution in [3.8, 4) is 11.3 Å². The minimum Gasteiger partial charge on any atom is -0.464 e. The molecule has 0 aliphatic heterocycles. The lowest BCUT2D eigenvalue weighted by molar-refractivity contribution is -0.113. The molecule has 4 aromatic rings. The van der Waals surface area contributed by atoms with Crippen LogP contribution >= 0.6 is 34.4 Å². The molecule has 11 heteroatoms. The highest BCUT2D eigenvalue weighted by molar-refractivity contribution is 7.99.